The van der Waals surface area contributed by atoms with Gasteiger partial charge < -0.3 is 0 Å². The van der Waals surface area contributed by atoms with Crippen molar-refractivity contribution < 1.29 is 4.21 Å². The molecule has 0 radical (unpaired) electrons. The number of rotatable bonds is 7. The van der Waals surface area contributed by atoms with Crippen LogP contribution in [-0.2, 0) is 17.4 Å². The molecule has 1 atom stereocenters. The van der Waals surface area contributed by atoms with E-state index in [2.05, 4.69) is 29.8 Å². The second-order valence-electron chi connectivity index (χ2n) is 6.74. The van der Waals surface area contributed by atoms with Crippen LogP contribution in [0.2, 0.25) is 0 Å². The minimum absolute atomic E-state index is 0.620. The van der Waals surface area contributed by atoms with E-state index < -0.39 is 11.0 Å². The van der Waals surface area contributed by atoms with Gasteiger partial charge in [-0.25, -0.2) is 13.9 Å². The van der Waals surface area contributed by atoms with Crippen molar-refractivity contribution in [1.82, 2.24) is 9.71 Å². The van der Waals surface area contributed by atoms with Crippen LogP contribution in [-0.4, -0.2) is 15.7 Å². The van der Waals surface area contributed by atoms with Crippen LogP contribution in [0.3, 0.4) is 0 Å². The second-order valence-corrected chi connectivity index (χ2v) is 9.07. The first kappa shape index (κ1) is 18.7. The monoisotopic (exact) mass is 376 g/mol. The highest BCUT2D eigenvalue weighted by atomic mass is 32.2. The molecule has 0 saturated heterocycles. The van der Waals surface area contributed by atoms with Crippen molar-refractivity contribution >= 4 is 22.3 Å². The summed E-state index contributed by atoms with van der Waals surface area (Å²) in [6, 6.07) is 6.41. The highest BCUT2D eigenvalue weighted by Crippen LogP contribution is 2.39. The predicted molar refractivity (Wildman–Crippen MR) is 107 cm³/mol. The first-order valence-corrected chi connectivity index (χ1v) is 11.4. The summed E-state index contributed by atoms with van der Waals surface area (Å²) in [4.78, 5) is 6.76. The van der Waals surface area contributed by atoms with E-state index in [9.17, 15) is 4.21 Å². The average Bonchev–Trinajstić information content (AvgIpc) is 3.13. The number of nitrogens with one attached hydrogen (secondary N) is 1. The summed E-state index contributed by atoms with van der Waals surface area (Å²) in [6.45, 7) is 4.86. The Balaban J connectivity index is 1.92. The van der Waals surface area contributed by atoms with E-state index in [4.69, 9.17) is 4.98 Å². The van der Waals surface area contributed by atoms with Crippen LogP contribution >= 0.6 is 11.3 Å². The zero-order valence-corrected chi connectivity index (χ0v) is 16.8. The summed E-state index contributed by atoms with van der Waals surface area (Å²) in [5, 5.41) is 1.26. The van der Waals surface area contributed by atoms with Crippen LogP contribution in [0.1, 0.15) is 68.9 Å². The maximum Gasteiger partial charge on any atom is 0.125 e. The van der Waals surface area contributed by atoms with Crippen LogP contribution < -0.4 is 4.72 Å². The molecule has 1 aliphatic carbocycles. The average molecular weight is 377 g/mol. The lowest BCUT2D eigenvalue weighted by molar-refractivity contribution is 0.442. The third kappa shape index (κ3) is 4.57. The van der Waals surface area contributed by atoms with Crippen LogP contribution in [0.4, 0.5) is 0 Å². The fourth-order valence-corrected chi connectivity index (χ4v) is 5.77. The van der Waals surface area contributed by atoms with E-state index in [1.807, 2.05) is 13.1 Å². The number of aryl methyl sites for hydroxylation is 1. The van der Waals surface area contributed by atoms with Gasteiger partial charge in [0.05, 0.1) is 14.8 Å². The van der Waals surface area contributed by atoms with Crippen molar-refractivity contribution in [3.05, 3.63) is 35.0 Å². The Bertz CT molecular complexity index is 720. The van der Waals surface area contributed by atoms with Crippen LogP contribution in [0.25, 0.3) is 10.4 Å². The van der Waals surface area contributed by atoms with Gasteiger partial charge >= 0.3 is 0 Å². The zero-order valence-electron chi connectivity index (χ0n) is 15.2. The van der Waals surface area contributed by atoms with Gasteiger partial charge in [0.15, 0.2) is 0 Å². The summed E-state index contributed by atoms with van der Waals surface area (Å²) < 4.78 is 15.8. The van der Waals surface area contributed by atoms with Gasteiger partial charge in [-0.1, -0.05) is 51.7 Å². The van der Waals surface area contributed by atoms with Gasteiger partial charge in [-0.2, -0.15) is 0 Å². The van der Waals surface area contributed by atoms with E-state index in [1.165, 1.54) is 42.7 Å². The molecule has 0 aliphatic heterocycles. The summed E-state index contributed by atoms with van der Waals surface area (Å²) in [5.41, 5.74) is 2.32. The third-order valence-corrected chi connectivity index (χ3v) is 7.28. The van der Waals surface area contributed by atoms with Crippen molar-refractivity contribution in [1.29, 1.82) is 0 Å². The van der Waals surface area contributed by atoms with E-state index in [1.54, 1.807) is 11.3 Å². The molecule has 5 heteroatoms. The molecule has 1 aromatic heterocycles. The molecule has 3 rings (SSSR count). The topological polar surface area (TPSA) is 42.0 Å². The number of benzene rings is 1. The Morgan fingerprint density at radius 1 is 1.24 bits per heavy atom. The normalized spacial score (nSPS) is 16.9. The molecule has 1 saturated carbocycles. The molecule has 1 unspecified atom stereocenters. The molecule has 136 valence electrons. The molecule has 0 amide bonds. The molecule has 3 nitrogen and oxygen atoms in total. The molecule has 0 spiro atoms. The number of hydrogen-bond donors (Lipinski definition) is 1. The van der Waals surface area contributed by atoms with Gasteiger partial charge in [-0.3, -0.25) is 0 Å². The van der Waals surface area contributed by atoms with Crippen LogP contribution in [0.15, 0.2) is 29.3 Å². The van der Waals surface area contributed by atoms with Crippen molar-refractivity contribution in [2.75, 3.05) is 6.54 Å². The number of aromatic nitrogens is 1. The van der Waals surface area contributed by atoms with Gasteiger partial charge in [0, 0.05) is 24.2 Å². The van der Waals surface area contributed by atoms with Crippen molar-refractivity contribution in [3.8, 4) is 10.4 Å². The van der Waals surface area contributed by atoms with Crippen molar-refractivity contribution in [2.24, 2.45) is 0 Å². The maximum absolute atomic E-state index is 12.7. The Morgan fingerprint density at radius 2 is 2.04 bits per heavy atom. The second kappa shape index (κ2) is 9.06. The first-order chi connectivity index (χ1) is 12.2. The first-order valence-electron chi connectivity index (χ1n) is 9.47. The molecule has 1 N–H and O–H groups in total. The van der Waals surface area contributed by atoms with Crippen molar-refractivity contribution in [2.45, 2.75) is 69.6 Å². The molecule has 2 aromatic rings. The molecule has 1 aromatic carbocycles. The molecule has 0 bridgehead atoms. The molecular weight excluding hydrogens is 348 g/mol. The Kier molecular flexibility index (Phi) is 6.79. The molecule has 1 fully saturated rings. The Morgan fingerprint density at radius 3 is 2.76 bits per heavy atom. The molecule has 1 aliphatic rings. The zero-order chi connectivity index (χ0) is 17.6. The Labute approximate surface area is 157 Å². The lowest BCUT2D eigenvalue weighted by Gasteiger charge is -2.18. The third-order valence-electron chi connectivity index (χ3n) is 4.80. The van der Waals surface area contributed by atoms with Gasteiger partial charge in [0.1, 0.15) is 11.0 Å². The fraction of sp³-hybridized carbons (Fsp3) is 0.550. The van der Waals surface area contributed by atoms with E-state index >= 15 is 0 Å². The van der Waals surface area contributed by atoms with E-state index in [0.717, 1.165) is 28.2 Å². The Hall–Kier alpha value is -1.04. The quantitative estimate of drug-likeness (QED) is 0.699. The van der Waals surface area contributed by atoms with Gasteiger partial charge in [0.2, 0.25) is 0 Å². The smallest absolute Gasteiger partial charge is 0.125 e. The number of hydrogen-bond acceptors (Lipinski definition) is 3. The van der Waals surface area contributed by atoms with Crippen molar-refractivity contribution in [3.63, 3.8) is 0 Å². The maximum atomic E-state index is 12.7. The summed E-state index contributed by atoms with van der Waals surface area (Å²) >= 11 is 1.79. The van der Waals surface area contributed by atoms with Crippen LogP contribution in [0, 0.1) is 0 Å². The minimum atomic E-state index is -1.18. The van der Waals surface area contributed by atoms with Gasteiger partial charge in [-0.15, -0.1) is 11.3 Å². The van der Waals surface area contributed by atoms with E-state index in [-0.39, 0.29) is 0 Å². The number of nitrogens with zero attached hydrogens (tertiary/aromatic N) is 1. The lowest BCUT2D eigenvalue weighted by Crippen LogP contribution is -2.17. The number of thiazole rings is 1. The largest absolute Gasteiger partial charge is 0.249 e. The van der Waals surface area contributed by atoms with Gasteiger partial charge in [0.25, 0.3) is 0 Å². The SMILES string of the molecule is CCCc1ccc(-c2cnc(C3CCCCC3)s2)c(S(=O)NCC)c1. The molecular formula is C20H28N2OS2. The summed E-state index contributed by atoms with van der Waals surface area (Å²) in [7, 11) is -1.18. The predicted octanol–water partition coefficient (Wildman–Crippen LogP) is 5.44. The lowest BCUT2D eigenvalue weighted by atomic mass is 9.90. The summed E-state index contributed by atoms with van der Waals surface area (Å²) in [6.07, 6.45) is 10.6. The molecule has 25 heavy (non-hydrogen) atoms. The van der Waals surface area contributed by atoms with Gasteiger partial charge in [-0.05, 0) is 30.9 Å². The minimum Gasteiger partial charge on any atom is -0.249 e. The van der Waals surface area contributed by atoms with Crippen LogP contribution in [0.5, 0.6) is 0 Å². The highest BCUT2D eigenvalue weighted by molar-refractivity contribution is 7.83. The van der Waals surface area contributed by atoms with E-state index in [0.29, 0.717) is 12.5 Å². The fourth-order valence-electron chi connectivity index (χ4n) is 3.53. The highest BCUT2D eigenvalue weighted by Gasteiger charge is 2.20. The molecule has 1 heterocycles. The summed E-state index contributed by atoms with van der Waals surface area (Å²) in [5.74, 6) is 0.620. The standard InChI is InChI=1S/C20H28N2OS2/c1-3-8-15-11-12-17(19(13-15)25(23)22-4-2)18-14-21-20(24-18)16-9-6-5-7-10-16/h11-14,16,22H,3-10H2,1-2H3.